The van der Waals surface area contributed by atoms with E-state index in [4.69, 9.17) is 14.7 Å². The average molecular weight is 392 g/mol. The molecule has 0 unspecified atom stereocenters. The summed E-state index contributed by atoms with van der Waals surface area (Å²) in [5.74, 6) is 2.97. The van der Waals surface area contributed by atoms with Crippen molar-refractivity contribution in [2.75, 3.05) is 44.9 Å². The molecule has 0 aliphatic heterocycles. The first-order valence-corrected chi connectivity index (χ1v) is 9.80. The molecule has 0 bridgehead atoms. The van der Waals surface area contributed by atoms with E-state index in [1.165, 1.54) is 0 Å². The van der Waals surface area contributed by atoms with Gasteiger partial charge in [-0.2, -0.15) is 0 Å². The molecule has 0 spiro atoms. The van der Waals surface area contributed by atoms with Gasteiger partial charge in [-0.15, -0.1) is 0 Å². The molecule has 3 rings (SSSR count). The van der Waals surface area contributed by atoms with E-state index in [2.05, 4.69) is 36.6 Å². The first kappa shape index (κ1) is 20.6. The van der Waals surface area contributed by atoms with Crippen LogP contribution in [0, 0.1) is 6.92 Å². The van der Waals surface area contributed by atoms with Gasteiger partial charge in [0.2, 0.25) is 0 Å². The Kier molecular flexibility index (Phi) is 7.03. The number of nitrogens with one attached hydrogen (secondary N) is 2. The molecule has 6 nitrogen and oxygen atoms in total. The molecule has 1 aromatic heterocycles. The molecule has 3 aromatic rings. The monoisotopic (exact) mass is 391 g/mol. The van der Waals surface area contributed by atoms with Crippen molar-refractivity contribution in [1.82, 2.24) is 14.9 Å². The van der Waals surface area contributed by atoms with Crippen molar-refractivity contribution in [1.29, 1.82) is 0 Å². The van der Waals surface area contributed by atoms with Crippen LogP contribution in [0.3, 0.4) is 0 Å². The number of hydrogen-bond donors (Lipinski definition) is 2. The van der Waals surface area contributed by atoms with E-state index >= 15 is 0 Å². The zero-order valence-electron chi connectivity index (χ0n) is 17.6. The predicted molar refractivity (Wildman–Crippen MR) is 120 cm³/mol. The Labute approximate surface area is 173 Å². The minimum Gasteiger partial charge on any atom is -0.495 e. The van der Waals surface area contributed by atoms with Crippen LogP contribution in [-0.2, 0) is 0 Å². The highest BCUT2D eigenvalue weighted by Gasteiger charge is 2.10. The Hall–Kier alpha value is -3.12. The predicted octanol–water partition coefficient (Wildman–Crippen LogP) is 4.57. The fourth-order valence-corrected chi connectivity index (χ4v) is 2.99. The summed E-state index contributed by atoms with van der Waals surface area (Å²) >= 11 is 0. The third kappa shape index (κ3) is 5.93. The van der Waals surface area contributed by atoms with Gasteiger partial charge in [0.1, 0.15) is 17.4 Å². The molecule has 152 valence electrons. The average Bonchev–Trinajstić information content (AvgIpc) is 2.72. The fraction of sp³-hybridized carbons (Fsp3) is 0.304. The zero-order chi connectivity index (χ0) is 20.6. The zero-order valence-corrected chi connectivity index (χ0v) is 17.6. The number of nitrogens with zero attached hydrogens (tertiary/aromatic N) is 3. The standard InChI is InChI=1S/C23H29N5O/c1-17-11-12-20(29-4)19(15-17)25-22-16-21(24-13-8-14-28(2)3)26-23(27-22)18-9-6-5-7-10-18/h5-7,9-12,15-16H,8,13-14H2,1-4H3,(H2,24,25,26,27). The lowest BCUT2D eigenvalue weighted by atomic mass is 10.2. The summed E-state index contributed by atoms with van der Waals surface area (Å²) in [5.41, 5.74) is 3.00. The molecule has 0 radical (unpaired) electrons. The molecule has 1 heterocycles. The van der Waals surface area contributed by atoms with Gasteiger partial charge in [-0.25, -0.2) is 9.97 Å². The van der Waals surface area contributed by atoms with Crippen LogP contribution in [0.2, 0.25) is 0 Å². The van der Waals surface area contributed by atoms with E-state index in [0.717, 1.165) is 53.7 Å². The summed E-state index contributed by atoms with van der Waals surface area (Å²) in [7, 11) is 5.83. The van der Waals surface area contributed by atoms with Crippen molar-refractivity contribution < 1.29 is 4.74 Å². The summed E-state index contributed by atoms with van der Waals surface area (Å²) in [6, 6.07) is 18.0. The van der Waals surface area contributed by atoms with E-state index in [9.17, 15) is 0 Å². The van der Waals surface area contributed by atoms with Crippen molar-refractivity contribution in [3.8, 4) is 17.1 Å². The Morgan fingerprint density at radius 2 is 1.72 bits per heavy atom. The van der Waals surface area contributed by atoms with Gasteiger partial charge in [-0.05, 0) is 51.7 Å². The van der Waals surface area contributed by atoms with Crippen molar-refractivity contribution in [2.24, 2.45) is 0 Å². The van der Waals surface area contributed by atoms with Gasteiger partial charge in [0.25, 0.3) is 0 Å². The molecule has 29 heavy (non-hydrogen) atoms. The van der Waals surface area contributed by atoms with Gasteiger partial charge in [0.15, 0.2) is 5.82 Å². The Balaban J connectivity index is 1.89. The summed E-state index contributed by atoms with van der Waals surface area (Å²) in [6.07, 6.45) is 1.03. The lowest BCUT2D eigenvalue weighted by molar-refractivity contribution is 0.405. The van der Waals surface area contributed by atoms with Gasteiger partial charge < -0.3 is 20.3 Å². The number of hydrogen-bond acceptors (Lipinski definition) is 6. The second-order valence-corrected chi connectivity index (χ2v) is 7.24. The molecule has 0 saturated carbocycles. The SMILES string of the molecule is COc1ccc(C)cc1Nc1cc(NCCCN(C)C)nc(-c2ccccc2)n1. The van der Waals surface area contributed by atoms with E-state index in [-0.39, 0.29) is 0 Å². The minimum absolute atomic E-state index is 0.678. The highest BCUT2D eigenvalue weighted by molar-refractivity contribution is 5.69. The molecule has 2 N–H and O–H groups in total. The maximum atomic E-state index is 5.49. The third-order valence-corrected chi connectivity index (χ3v) is 4.46. The molecule has 0 atom stereocenters. The Bertz CT molecular complexity index is 928. The number of aromatic nitrogens is 2. The molecule has 6 heteroatoms. The second kappa shape index (κ2) is 9.89. The molecule has 0 saturated heterocycles. The van der Waals surface area contributed by atoms with Crippen LogP contribution in [0.1, 0.15) is 12.0 Å². The maximum Gasteiger partial charge on any atom is 0.163 e. The summed E-state index contributed by atoms with van der Waals surface area (Å²) < 4.78 is 5.49. The van der Waals surface area contributed by atoms with Crippen LogP contribution in [0.5, 0.6) is 5.75 Å². The number of benzene rings is 2. The first-order valence-electron chi connectivity index (χ1n) is 9.80. The topological polar surface area (TPSA) is 62.3 Å². The lowest BCUT2D eigenvalue weighted by Gasteiger charge is -2.15. The number of aryl methyl sites for hydroxylation is 1. The normalized spacial score (nSPS) is 10.8. The van der Waals surface area contributed by atoms with Crippen molar-refractivity contribution in [3.63, 3.8) is 0 Å². The van der Waals surface area contributed by atoms with Crippen molar-refractivity contribution in [2.45, 2.75) is 13.3 Å². The highest BCUT2D eigenvalue weighted by Crippen LogP contribution is 2.29. The number of anilines is 3. The second-order valence-electron chi connectivity index (χ2n) is 7.24. The third-order valence-electron chi connectivity index (χ3n) is 4.46. The fourth-order valence-electron chi connectivity index (χ4n) is 2.99. The summed E-state index contributed by atoms with van der Waals surface area (Å²) in [5, 5.41) is 6.83. The summed E-state index contributed by atoms with van der Waals surface area (Å²) in [6.45, 7) is 3.92. The molecule has 0 fully saturated rings. The van der Waals surface area contributed by atoms with Crippen LogP contribution < -0.4 is 15.4 Å². The van der Waals surface area contributed by atoms with Gasteiger partial charge >= 0.3 is 0 Å². The molecule has 0 aliphatic rings. The van der Waals surface area contributed by atoms with Gasteiger partial charge in [0.05, 0.1) is 12.8 Å². The Morgan fingerprint density at radius 1 is 0.966 bits per heavy atom. The molecular weight excluding hydrogens is 362 g/mol. The van der Waals surface area contributed by atoms with Crippen LogP contribution in [0.25, 0.3) is 11.4 Å². The Morgan fingerprint density at radius 3 is 2.45 bits per heavy atom. The highest BCUT2D eigenvalue weighted by atomic mass is 16.5. The number of rotatable bonds is 9. The van der Waals surface area contributed by atoms with Crippen LogP contribution in [-0.4, -0.2) is 49.2 Å². The van der Waals surface area contributed by atoms with Gasteiger partial charge in [-0.1, -0.05) is 36.4 Å². The number of ether oxygens (including phenoxy) is 1. The van der Waals surface area contributed by atoms with Crippen LogP contribution in [0.15, 0.2) is 54.6 Å². The summed E-state index contributed by atoms with van der Waals surface area (Å²) in [4.78, 5) is 11.6. The van der Waals surface area contributed by atoms with E-state index < -0.39 is 0 Å². The maximum absolute atomic E-state index is 5.49. The minimum atomic E-state index is 0.678. The molecular formula is C23H29N5O. The van der Waals surface area contributed by atoms with Crippen LogP contribution >= 0.6 is 0 Å². The molecule has 0 amide bonds. The van der Waals surface area contributed by atoms with Gasteiger partial charge in [-0.3, -0.25) is 0 Å². The number of methoxy groups -OCH3 is 1. The first-order chi connectivity index (χ1) is 14.0. The lowest BCUT2D eigenvalue weighted by Crippen LogP contribution is -2.16. The molecule has 2 aromatic carbocycles. The van der Waals surface area contributed by atoms with Crippen LogP contribution in [0.4, 0.5) is 17.3 Å². The van der Waals surface area contributed by atoms with E-state index in [1.807, 2.05) is 54.6 Å². The largest absolute Gasteiger partial charge is 0.495 e. The molecule has 0 aliphatic carbocycles. The quantitative estimate of drug-likeness (QED) is 0.521. The van der Waals surface area contributed by atoms with Gasteiger partial charge in [0, 0.05) is 18.2 Å². The van der Waals surface area contributed by atoms with E-state index in [0.29, 0.717) is 5.82 Å². The smallest absolute Gasteiger partial charge is 0.163 e. The van der Waals surface area contributed by atoms with E-state index in [1.54, 1.807) is 7.11 Å². The van der Waals surface area contributed by atoms with Crippen molar-refractivity contribution >= 4 is 17.3 Å². The van der Waals surface area contributed by atoms with Crippen molar-refractivity contribution in [3.05, 3.63) is 60.2 Å².